The Morgan fingerprint density at radius 1 is 1.46 bits per heavy atom. The summed E-state index contributed by atoms with van der Waals surface area (Å²) >= 11 is 0. The van der Waals surface area contributed by atoms with Crippen molar-refractivity contribution in [3.8, 4) is 0 Å². The van der Waals surface area contributed by atoms with Crippen LogP contribution in [0.2, 0.25) is 0 Å². The summed E-state index contributed by atoms with van der Waals surface area (Å²) < 4.78 is 5.09. The van der Waals surface area contributed by atoms with Crippen LogP contribution in [-0.2, 0) is 4.74 Å². The third kappa shape index (κ3) is 4.60. The summed E-state index contributed by atoms with van der Waals surface area (Å²) in [5.74, 6) is 0.625. The number of hydrogen-bond acceptors (Lipinski definition) is 3. The molecule has 0 saturated carbocycles. The normalized spacial score (nSPS) is 21.7. The topological polar surface area (TPSA) is 33.3 Å². The van der Waals surface area contributed by atoms with E-state index in [-0.39, 0.29) is 0 Å². The standard InChI is InChI=1S/C10H22N2O/c1-9(8-13-2)7-12-10-3-5-11-6-4-10/h9-12H,3-8H2,1-2H3. The largest absolute Gasteiger partial charge is 0.384 e. The van der Waals surface area contributed by atoms with Gasteiger partial charge in [0.05, 0.1) is 0 Å². The molecule has 1 aliphatic rings. The van der Waals surface area contributed by atoms with Crippen molar-refractivity contribution in [2.75, 3.05) is 33.4 Å². The van der Waals surface area contributed by atoms with E-state index in [0.29, 0.717) is 5.92 Å². The molecule has 0 radical (unpaired) electrons. The maximum absolute atomic E-state index is 5.09. The van der Waals surface area contributed by atoms with Crippen LogP contribution in [0.1, 0.15) is 19.8 Å². The predicted molar refractivity (Wildman–Crippen MR) is 54.9 cm³/mol. The van der Waals surface area contributed by atoms with Gasteiger partial charge in [-0.3, -0.25) is 0 Å². The molecule has 1 atom stereocenters. The molecular formula is C10H22N2O. The summed E-state index contributed by atoms with van der Waals surface area (Å²) in [6.07, 6.45) is 2.53. The highest BCUT2D eigenvalue weighted by Crippen LogP contribution is 2.03. The van der Waals surface area contributed by atoms with Gasteiger partial charge < -0.3 is 15.4 Å². The van der Waals surface area contributed by atoms with Crippen molar-refractivity contribution in [2.24, 2.45) is 5.92 Å². The Hall–Kier alpha value is -0.120. The van der Waals surface area contributed by atoms with Crippen LogP contribution >= 0.6 is 0 Å². The lowest BCUT2D eigenvalue weighted by molar-refractivity contribution is 0.155. The Morgan fingerprint density at radius 3 is 2.77 bits per heavy atom. The molecule has 1 saturated heterocycles. The summed E-state index contributed by atoms with van der Waals surface area (Å²) in [7, 11) is 1.76. The van der Waals surface area contributed by atoms with Crippen LogP contribution in [0.25, 0.3) is 0 Å². The van der Waals surface area contributed by atoms with Crippen LogP contribution in [0.5, 0.6) is 0 Å². The predicted octanol–water partition coefficient (Wildman–Crippen LogP) is 0.610. The number of ether oxygens (including phenoxy) is 1. The van der Waals surface area contributed by atoms with E-state index < -0.39 is 0 Å². The van der Waals surface area contributed by atoms with Gasteiger partial charge in [0.25, 0.3) is 0 Å². The molecule has 2 N–H and O–H groups in total. The van der Waals surface area contributed by atoms with Gasteiger partial charge >= 0.3 is 0 Å². The molecule has 0 amide bonds. The Balaban J connectivity index is 2.03. The number of piperidine rings is 1. The lowest BCUT2D eigenvalue weighted by atomic mass is 10.1. The summed E-state index contributed by atoms with van der Waals surface area (Å²) in [5.41, 5.74) is 0. The van der Waals surface area contributed by atoms with Crippen molar-refractivity contribution >= 4 is 0 Å². The minimum Gasteiger partial charge on any atom is -0.384 e. The number of hydrogen-bond donors (Lipinski definition) is 2. The molecule has 1 unspecified atom stereocenters. The average molecular weight is 186 g/mol. The average Bonchev–Trinajstić information content (AvgIpc) is 2.17. The molecule has 3 heteroatoms. The van der Waals surface area contributed by atoms with Crippen molar-refractivity contribution in [3.05, 3.63) is 0 Å². The Bertz CT molecular complexity index is 124. The molecule has 0 aliphatic carbocycles. The van der Waals surface area contributed by atoms with Crippen molar-refractivity contribution in [1.82, 2.24) is 10.6 Å². The number of rotatable bonds is 5. The molecule has 1 fully saturated rings. The highest BCUT2D eigenvalue weighted by Gasteiger charge is 2.12. The third-order valence-electron chi connectivity index (χ3n) is 2.55. The molecule has 1 aliphatic heterocycles. The van der Waals surface area contributed by atoms with Crippen molar-refractivity contribution in [2.45, 2.75) is 25.8 Å². The summed E-state index contributed by atoms with van der Waals surface area (Å²) in [4.78, 5) is 0. The second kappa shape index (κ2) is 6.35. The molecule has 13 heavy (non-hydrogen) atoms. The van der Waals surface area contributed by atoms with Crippen LogP contribution in [0.15, 0.2) is 0 Å². The van der Waals surface area contributed by atoms with Gasteiger partial charge in [0.1, 0.15) is 0 Å². The van der Waals surface area contributed by atoms with Crippen LogP contribution in [0, 0.1) is 5.92 Å². The number of nitrogens with one attached hydrogen (secondary N) is 2. The highest BCUT2D eigenvalue weighted by atomic mass is 16.5. The molecule has 78 valence electrons. The first-order valence-electron chi connectivity index (χ1n) is 5.26. The van der Waals surface area contributed by atoms with Gasteiger partial charge in [0.15, 0.2) is 0 Å². The van der Waals surface area contributed by atoms with E-state index in [9.17, 15) is 0 Å². The molecule has 0 spiro atoms. The molecule has 0 aromatic carbocycles. The van der Waals surface area contributed by atoms with E-state index in [4.69, 9.17) is 4.74 Å². The van der Waals surface area contributed by atoms with E-state index in [0.717, 1.165) is 32.3 Å². The first kappa shape index (κ1) is 11.0. The maximum atomic E-state index is 5.09. The van der Waals surface area contributed by atoms with Gasteiger partial charge in [-0.05, 0) is 31.8 Å². The van der Waals surface area contributed by atoms with E-state index in [1.165, 1.54) is 12.8 Å². The first-order chi connectivity index (χ1) is 6.33. The molecule has 0 aromatic rings. The third-order valence-corrected chi connectivity index (χ3v) is 2.55. The smallest absolute Gasteiger partial charge is 0.0499 e. The monoisotopic (exact) mass is 186 g/mol. The first-order valence-corrected chi connectivity index (χ1v) is 5.26. The molecule has 0 aromatic heterocycles. The molecule has 1 heterocycles. The highest BCUT2D eigenvalue weighted by molar-refractivity contribution is 4.74. The van der Waals surface area contributed by atoms with E-state index in [1.807, 2.05) is 0 Å². The van der Waals surface area contributed by atoms with Crippen LogP contribution < -0.4 is 10.6 Å². The number of methoxy groups -OCH3 is 1. The zero-order chi connectivity index (χ0) is 9.52. The molecule has 3 nitrogen and oxygen atoms in total. The second-order valence-electron chi connectivity index (χ2n) is 3.99. The molecular weight excluding hydrogens is 164 g/mol. The fraction of sp³-hybridized carbons (Fsp3) is 1.00. The fourth-order valence-corrected chi connectivity index (χ4v) is 1.74. The van der Waals surface area contributed by atoms with E-state index in [1.54, 1.807) is 7.11 Å². The van der Waals surface area contributed by atoms with Crippen LogP contribution in [0.4, 0.5) is 0 Å². The van der Waals surface area contributed by atoms with Gasteiger partial charge in [-0.25, -0.2) is 0 Å². The Kier molecular flexibility index (Phi) is 5.35. The summed E-state index contributed by atoms with van der Waals surface area (Å²) in [5, 5.41) is 6.95. The van der Waals surface area contributed by atoms with Gasteiger partial charge in [0, 0.05) is 26.3 Å². The lowest BCUT2D eigenvalue weighted by Gasteiger charge is -2.25. The SMILES string of the molecule is COCC(C)CNC1CCNCC1. The van der Waals surface area contributed by atoms with Crippen molar-refractivity contribution in [3.63, 3.8) is 0 Å². The van der Waals surface area contributed by atoms with Gasteiger partial charge in [0.2, 0.25) is 0 Å². The summed E-state index contributed by atoms with van der Waals surface area (Å²) in [6.45, 7) is 6.49. The Labute approximate surface area is 81.2 Å². The van der Waals surface area contributed by atoms with Gasteiger partial charge in [-0.1, -0.05) is 6.92 Å². The minimum absolute atomic E-state index is 0.625. The zero-order valence-corrected chi connectivity index (χ0v) is 8.81. The van der Waals surface area contributed by atoms with Crippen molar-refractivity contribution < 1.29 is 4.74 Å². The van der Waals surface area contributed by atoms with E-state index >= 15 is 0 Å². The molecule has 0 bridgehead atoms. The zero-order valence-electron chi connectivity index (χ0n) is 8.81. The lowest BCUT2D eigenvalue weighted by Crippen LogP contribution is -2.41. The quantitative estimate of drug-likeness (QED) is 0.660. The summed E-state index contributed by atoms with van der Waals surface area (Å²) in [6, 6.07) is 0.723. The van der Waals surface area contributed by atoms with Gasteiger partial charge in [-0.2, -0.15) is 0 Å². The van der Waals surface area contributed by atoms with Crippen LogP contribution in [0.3, 0.4) is 0 Å². The van der Waals surface area contributed by atoms with Crippen LogP contribution in [-0.4, -0.2) is 39.4 Å². The molecule has 1 rings (SSSR count). The van der Waals surface area contributed by atoms with Crippen molar-refractivity contribution in [1.29, 1.82) is 0 Å². The van der Waals surface area contributed by atoms with E-state index in [2.05, 4.69) is 17.6 Å². The second-order valence-corrected chi connectivity index (χ2v) is 3.99. The Morgan fingerprint density at radius 2 is 2.15 bits per heavy atom. The minimum atomic E-state index is 0.625. The van der Waals surface area contributed by atoms with Gasteiger partial charge in [-0.15, -0.1) is 0 Å². The maximum Gasteiger partial charge on any atom is 0.0499 e. The fourth-order valence-electron chi connectivity index (χ4n) is 1.74.